The molecule has 2 rings (SSSR count). The lowest BCUT2D eigenvalue weighted by atomic mass is 9.94. The van der Waals surface area contributed by atoms with E-state index < -0.39 is 5.60 Å². The fourth-order valence-electron chi connectivity index (χ4n) is 2.37. The Morgan fingerprint density at radius 2 is 2.24 bits per heavy atom. The van der Waals surface area contributed by atoms with Gasteiger partial charge in [0.25, 0.3) is 0 Å². The van der Waals surface area contributed by atoms with Crippen molar-refractivity contribution in [3.63, 3.8) is 0 Å². The minimum Gasteiger partial charge on any atom is -0.388 e. The molecule has 1 saturated heterocycles. The summed E-state index contributed by atoms with van der Waals surface area (Å²) in [5.41, 5.74) is -0.764. The molecule has 0 bridgehead atoms. The van der Waals surface area contributed by atoms with Crippen LogP contribution in [0.2, 0.25) is 0 Å². The van der Waals surface area contributed by atoms with Crippen molar-refractivity contribution >= 4 is 5.91 Å². The number of ether oxygens (including phenoxy) is 1. The van der Waals surface area contributed by atoms with Gasteiger partial charge in [0.1, 0.15) is 0 Å². The van der Waals surface area contributed by atoms with Crippen molar-refractivity contribution in [2.24, 2.45) is 5.92 Å². The Kier molecular flexibility index (Phi) is 4.18. The van der Waals surface area contributed by atoms with Crippen molar-refractivity contribution in [2.75, 3.05) is 19.8 Å². The predicted molar refractivity (Wildman–Crippen MR) is 64.5 cm³/mol. The van der Waals surface area contributed by atoms with Crippen molar-refractivity contribution in [1.82, 2.24) is 5.32 Å². The summed E-state index contributed by atoms with van der Waals surface area (Å²) in [5.74, 6) is 0.431. The Bertz CT molecular complexity index is 295. The molecule has 1 amide bonds. The number of amides is 1. The number of nitrogens with one attached hydrogen (secondary N) is 1. The van der Waals surface area contributed by atoms with E-state index >= 15 is 0 Å². The molecule has 0 aromatic heterocycles. The lowest BCUT2D eigenvalue weighted by molar-refractivity contribution is -0.124. The second-order valence-electron chi connectivity index (χ2n) is 5.08. The molecule has 0 saturated carbocycles. The Morgan fingerprint density at radius 3 is 2.88 bits per heavy atom. The lowest BCUT2D eigenvalue weighted by Gasteiger charge is -2.32. The molecular formula is C13H21NO3. The zero-order valence-corrected chi connectivity index (χ0v) is 10.2. The fourth-order valence-corrected chi connectivity index (χ4v) is 2.37. The first-order valence-corrected chi connectivity index (χ1v) is 6.41. The highest BCUT2D eigenvalue weighted by Gasteiger charge is 2.30. The van der Waals surface area contributed by atoms with Crippen LogP contribution in [0.4, 0.5) is 0 Å². The number of carbonyl (C=O) groups is 1. The van der Waals surface area contributed by atoms with Gasteiger partial charge in [0.2, 0.25) is 5.91 Å². The van der Waals surface area contributed by atoms with E-state index in [0.717, 1.165) is 12.8 Å². The first kappa shape index (κ1) is 12.6. The molecule has 0 radical (unpaired) electrons. The minimum absolute atomic E-state index is 0.0430. The number of allylic oxidation sites excluding steroid dienone is 2. The summed E-state index contributed by atoms with van der Waals surface area (Å²) in [6, 6.07) is 0. The molecule has 1 unspecified atom stereocenters. The van der Waals surface area contributed by atoms with Gasteiger partial charge in [-0.3, -0.25) is 4.79 Å². The van der Waals surface area contributed by atoms with Crippen molar-refractivity contribution in [3.8, 4) is 0 Å². The molecule has 1 heterocycles. The van der Waals surface area contributed by atoms with Crippen LogP contribution in [0.3, 0.4) is 0 Å². The molecule has 0 aromatic carbocycles. The Labute approximate surface area is 102 Å². The van der Waals surface area contributed by atoms with E-state index in [4.69, 9.17) is 4.74 Å². The second-order valence-corrected chi connectivity index (χ2v) is 5.08. The van der Waals surface area contributed by atoms with Gasteiger partial charge in [-0.25, -0.2) is 0 Å². The largest absolute Gasteiger partial charge is 0.388 e. The normalized spacial score (nSPS) is 27.0. The molecule has 96 valence electrons. The van der Waals surface area contributed by atoms with E-state index in [1.54, 1.807) is 0 Å². The van der Waals surface area contributed by atoms with Gasteiger partial charge < -0.3 is 15.2 Å². The molecule has 2 aliphatic rings. The van der Waals surface area contributed by atoms with Gasteiger partial charge in [-0.2, -0.15) is 0 Å². The first-order valence-electron chi connectivity index (χ1n) is 6.41. The molecule has 1 fully saturated rings. The molecule has 4 heteroatoms. The van der Waals surface area contributed by atoms with Crippen LogP contribution in [0, 0.1) is 5.92 Å². The molecule has 2 N–H and O–H groups in total. The summed E-state index contributed by atoms with van der Waals surface area (Å²) in [4.78, 5) is 11.7. The third-order valence-corrected chi connectivity index (χ3v) is 3.60. The molecule has 1 atom stereocenters. The number of aliphatic hydroxyl groups is 1. The van der Waals surface area contributed by atoms with Crippen LogP contribution in [0.5, 0.6) is 0 Å². The smallest absolute Gasteiger partial charge is 0.220 e. The third-order valence-electron chi connectivity index (χ3n) is 3.60. The van der Waals surface area contributed by atoms with Crippen LogP contribution in [0.1, 0.15) is 32.1 Å². The van der Waals surface area contributed by atoms with Crippen LogP contribution in [0.25, 0.3) is 0 Å². The van der Waals surface area contributed by atoms with E-state index in [2.05, 4.69) is 17.5 Å². The highest BCUT2D eigenvalue weighted by molar-refractivity contribution is 5.76. The molecule has 1 aliphatic heterocycles. The van der Waals surface area contributed by atoms with E-state index in [-0.39, 0.29) is 5.91 Å². The summed E-state index contributed by atoms with van der Waals surface area (Å²) in [5, 5.41) is 13.0. The SMILES string of the molecule is O=C(CC1C=CCC1)NCC1(O)CCOCC1. The molecule has 4 nitrogen and oxygen atoms in total. The van der Waals surface area contributed by atoms with Gasteiger partial charge in [-0.1, -0.05) is 12.2 Å². The van der Waals surface area contributed by atoms with Crippen LogP contribution in [0.15, 0.2) is 12.2 Å². The van der Waals surface area contributed by atoms with Crippen molar-refractivity contribution < 1.29 is 14.6 Å². The maximum atomic E-state index is 11.7. The number of hydrogen-bond acceptors (Lipinski definition) is 3. The predicted octanol–water partition coefficient (Wildman–Crippen LogP) is 1.00. The van der Waals surface area contributed by atoms with Crippen LogP contribution >= 0.6 is 0 Å². The summed E-state index contributed by atoms with van der Waals surface area (Å²) in [6.45, 7) is 1.51. The molecule has 0 aromatic rings. The minimum atomic E-state index is -0.764. The van der Waals surface area contributed by atoms with Gasteiger partial charge in [0.15, 0.2) is 0 Å². The average molecular weight is 239 g/mol. The van der Waals surface area contributed by atoms with Crippen molar-refractivity contribution in [2.45, 2.75) is 37.7 Å². The summed E-state index contributed by atoms with van der Waals surface area (Å²) in [7, 11) is 0. The standard InChI is InChI=1S/C13H21NO3/c15-12(9-11-3-1-2-4-11)14-10-13(16)5-7-17-8-6-13/h1,3,11,16H,2,4-10H2,(H,14,15). The Hall–Kier alpha value is -0.870. The van der Waals surface area contributed by atoms with E-state index in [1.807, 2.05) is 0 Å². The topological polar surface area (TPSA) is 58.6 Å². The van der Waals surface area contributed by atoms with Crippen molar-refractivity contribution in [3.05, 3.63) is 12.2 Å². The van der Waals surface area contributed by atoms with Crippen LogP contribution < -0.4 is 5.32 Å². The molecular weight excluding hydrogens is 218 g/mol. The van der Waals surface area contributed by atoms with Gasteiger partial charge in [-0.05, 0) is 18.8 Å². The third kappa shape index (κ3) is 3.82. The highest BCUT2D eigenvalue weighted by atomic mass is 16.5. The monoisotopic (exact) mass is 239 g/mol. The number of hydrogen-bond donors (Lipinski definition) is 2. The summed E-state index contributed by atoms with van der Waals surface area (Å²) >= 11 is 0. The highest BCUT2D eigenvalue weighted by Crippen LogP contribution is 2.21. The number of rotatable bonds is 4. The van der Waals surface area contributed by atoms with Gasteiger partial charge in [0.05, 0.1) is 5.60 Å². The van der Waals surface area contributed by atoms with Gasteiger partial charge in [-0.15, -0.1) is 0 Å². The maximum Gasteiger partial charge on any atom is 0.220 e. The van der Waals surface area contributed by atoms with Crippen molar-refractivity contribution in [1.29, 1.82) is 0 Å². The Balaban J connectivity index is 1.69. The average Bonchev–Trinajstić information content (AvgIpc) is 2.80. The lowest BCUT2D eigenvalue weighted by Crippen LogP contribution is -2.46. The van der Waals surface area contributed by atoms with E-state index in [0.29, 0.717) is 44.9 Å². The van der Waals surface area contributed by atoms with Crippen LogP contribution in [-0.2, 0) is 9.53 Å². The second kappa shape index (κ2) is 5.65. The maximum absolute atomic E-state index is 11.7. The van der Waals surface area contributed by atoms with Gasteiger partial charge >= 0.3 is 0 Å². The molecule has 1 aliphatic carbocycles. The van der Waals surface area contributed by atoms with E-state index in [1.165, 1.54) is 0 Å². The Morgan fingerprint density at radius 1 is 1.47 bits per heavy atom. The summed E-state index contributed by atoms with van der Waals surface area (Å²) in [6.07, 6.45) is 8.16. The summed E-state index contributed by atoms with van der Waals surface area (Å²) < 4.78 is 5.20. The first-order chi connectivity index (χ1) is 8.18. The fraction of sp³-hybridized carbons (Fsp3) is 0.769. The molecule has 0 spiro atoms. The zero-order valence-electron chi connectivity index (χ0n) is 10.2. The zero-order chi connectivity index (χ0) is 12.1. The van der Waals surface area contributed by atoms with Gasteiger partial charge in [0, 0.05) is 39.0 Å². The van der Waals surface area contributed by atoms with E-state index in [9.17, 15) is 9.90 Å². The number of carbonyl (C=O) groups excluding carboxylic acids is 1. The van der Waals surface area contributed by atoms with Crippen LogP contribution in [-0.4, -0.2) is 36.4 Å². The quantitative estimate of drug-likeness (QED) is 0.720. The molecule has 17 heavy (non-hydrogen) atoms.